The van der Waals surface area contributed by atoms with E-state index in [-0.39, 0.29) is 35.3 Å². The van der Waals surface area contributed by atoms with Gasteiger partial charge in [0.2, 0.25) is 11.9 Å². The highest BCUT2D eigenvalue weighted by molar-refractivity contribution is 6.02. The molecule has 1 atom stereocenters. The number of benzene rings is 1. The van der Waals surface area contributed by atoms with Crippen molar-refractivity contribution < 1.29 is 41.0 Å². The molecule has 52 heavy (non-hydrogen) atoms. The van der Waals surface area contributed by atoms with E-state index in [4.69, 9.17) is 9.47 Å². The third kappa shape index (κ3) is 8.33. The number of rotatable bonds is 10. The number of fused-ring (bicyclic) bond motifs is 1. The average Bonchev–Trinajstić information content (AvgIpc) is 3.12. The van der Waals surface area contributed by atoms with Gasteiger partial charge in [-0.15, -0.1) is 0 Å². The Labute approximate surface area is 298 Å². The lowest BCUT2D eigenvalue weighted by atomic mass is 10.0. The van der Waals surface area contributed by atoms with Crippen LogP contribution in [0.3, 0.4) is 0 Å². The van der Waals surface area contributed by atoms with Crippen LogP contribution in [0.25, 0.3) is 0 Å². The molecule has 13 nitrogen and oxygen atoms in total. The van der Waals surface area contributed by atoms with Crippen LogP contribution in [0.2, 0.25) is 0 Å². The molecular weight excluding hydrogens is 693 g/mol. The van der Waals surface area contributed by atoms with Gasteiger partial charge in [0.15, 0.2) is 5.75 Å². The number of alkyl halides is 5. The van der Waals surface area contributed by atoms with Crippen LogP contribution in [0.15, 0.2) is 31.0 Å². The maximum Gasteiger partial charge on any atom is 0.408 e. The number of carbonyl (C=O) groups is 2. The quantitative estimate of drug-likeness (QED) is 0.254. The highest BCUT2D eigenvalue weighted by Crippen LogP contribution is 2.41. The zero-order chi connectivity index (χ0) is 37.2. The van der Waals surface area contributed by atoms with Crippen LogP contribution in [0.4, 0.5) is 55.6 Å². The minimum absolute atomic E-state index is 0.0113. The van der Waals surface area contributed by atoms with Crippen molar-refractivity contribution >= 4 is 40.8 Å². The second kappa shape index (κ2) is 15.8. The summed E-state index contributed by atoms with van der Waals surface area (Å²) in [6.45, 7) is 6.67. The van der Waals surface area contributed by atoms with Gasteiger partial charge < -0.3 is 34.8 Å². The lowest BCUT2D eigenvalue weighted by molar-refractivity contribution is -0.172. The first-order valence-corrected chi connectivity index (χ1v) is 17.4. The van der Waals surface area contributed by atoms with E-state index >= 15 is 0 Å². The first kappa shape index (κ1) is 37.5. The van der Waals surface area contributed by atoms with Crippen LogP contribution in [-0.4, -0.2) is 127 Å². The Hall–Kier alpha value is -4.29. The molecule has 1 aromatic carbocycles. The number of amides is 3. The second-order valence-electron chi connectivity index (χ2n) is 13.5. The third-order valence-electron chi connectivity index (χ3n) is 10.2. The molecule has 3 amide bonds. The molecule has 0 saturated carbocycles. The van der Waals surface area contributed by atoms with Crippen LogP contribution in [-0.2, 0) is 16.1 Å². The summed E-state index contributed by atoms with van der Waals surface area (Å²) in [6.07, 6.45) is 0.174. The monoisotopic (exact) mass is 737 g/mol. The number of carbonyl (C=O) groups excluding carboxylic acids is 2. The largest absolute Gasteiger partial charge is 0.433 e. The van der Waals surface area contributed by atoms with Crippen molar-refractivity contribution in [2.45, 2.75) is 70.1 Å². The molecule has 0 radical (unpaired) electrons. The predicted octanol–water partition coefficient (Wildman–Crippen LogP) is 5.03. The number of likely N-dealkylation sites (N-methyl/N-ethyl adjacent to an activating group) is 1. The van der Waals surface area contributed by atoms with Crippen LogP contribution >= 0.6 is 0 Å². The summed E-state index contributed by atoms with van der Waals surface area (Å²) in [5.41, 5.74) is 1.06. The Bertz CT molecular complexity index is 1610. The molecule has 6 rings (SSSR count). The van der Waals surface area contributed by atoms with Gasteiger partial charge in [-0.05, 0) is 51.8 Å². The van der Waals surface area contributed by atoms with E-state index in [9.17, 15) is 31.5 Å². The third-order valence-corrected chi connectivity index (χ3v) is 10.2. The molecule has 3 saturated heterocycles. The molecule has 5 heterocycles. The number of nitrogens with one attached hydrogen (secondary N) is 2. The Morgan fingerprint density at radius 1 is 1.04 bits per heavy atom. The molecule has 4 aliphatic heterocycles. The molecule has 2 aromatic rings. The molecule has 0 aliphatic carbocycles. The van der Waals surface area contributed by atoms with Crippen molar-refractivity contribution in [2.24, 2.45) is 0 Å². The van der Waals surface area contributed by atoms with E-state index in [1.807, 2.05) is 4.90 Å². The Morgan fingerprint density at radius 2 is 1.73 bits per heavy atom. The number of ether oxygens (including phenoxy) is 2. The molecule has 3 fully saturated rings. The summed E-state index contributed by atoms with van der Waals surface area (Å²) >= 11 is 0. The van der Waals surface area contributed by atoms with Crippen molar-refractivity contribution in [3.63, 3.8) is 0 Å². The number of urea groups is 1. The molecule has 1 aromatic heterocycles. The van der Waals surface area contributed by atoms with Crippen molar-refractivity contribution in [1.82, 2.24) is 24.7 Å². The fourth-order valence-corrected chi connectivity index (χ4v) is 7.20. The van der Waals surface area contributed by atoms with Gasteiger partial charge in [0.1, 0.15) is 11.9 Å². The maximum absolute atomic E-state index is 13.8. The summed E-state index contributed by atoms with van der Waals surface area (Å²) in [6, 6.07) is -0.169. The first-order chi connectivity index (χ1) is 24.8. The van der Waals surface area contributed by atoms with Gasteiger partial charge in [-0.3, -0.25) is 14.6 Å². The zero-order valence-corrected chi connectivity index (χ0v) is 29.2. The van der Waals surface area contributed by atoms with E-state index < -0.39 is 36.8 Å². The highest BCUT2D eigenvalue weighted by Gasteiger charge is 2.47. The summed E-state index contributed by atoms with van der Waals surface area (Å²) in [5.74, 6) is -0.778. The van der Waals surface area contributed by atoms with Gasteiger partial charge in [0.25, 0.3) is 0 Å². The van der Waals surface area contributed by atoms with Gasteiger partial charge in [-0.2, -0.15) is 26.9 Å². The Balaban J connectivity index is 1.31. The number of halogens is 5. The summed E-state index contributed by atoms with van der Waals surface area (Å²) in [7, 11) is 2.10. The van der Waals surface area contributed by atoms with E-state index in [0.717, 1.165) is 56.9 Å². The number of anilines is 5. The zero-order valence-electron chi connectivity index (χ0n) is 29.2. The van der Waals surface area contributed by atoms with E-state index in [1.54, 1.807) is 0 Å². The smallest absolute Gasteiger partial charge is 0.408 e. The fourth-order valence-electron chi connectivity index (χ4n) is 7.20. The van der Waals surface area contributed by atoms with E-state index in [1.165, 1.54) is 23.2 Å². The van der Waals surface area contributed by atoms with Gasteiger partial charge in [-0.25, -0.2) is 9.78 Å². The van der Waals surface area contributed by atoms with Gasteiger partial charge in [-0.1, -0.05) is 6.58 Å². The summed E-state index contributed by atoms with van der Waals surface area (Å²) in [5, 5.41) is 5.67. The van der Waals surface area contributed by atoms with E-state index in [0.29, 0.717) is 56.6 Å². The standard InChI is InChI=1S/C34H44F5N9O4/c1-4-29(49)41-25-17-26(28(52-31(35)36)18-27(25)46-9-5-23(6-10-46)45-13-11-44(3)12-14-45)42-32-40-19-22-20-47(21(2)34(37,38)39)33(50)48(30(22)43-32)24-7-15-51-16-8-24/h4,17-19,21,23-24,31H,1,5-16,20H2,2-3H3,(H,41,49)(H,40,42,43)/t21-/m0/s1. The molecule has 0 bridgehead atoms. The maximum atomic E-state index is 13.8. The average molecular weight is 738 g/mol. The lowest BCUT2D eigenvalue weighted by Crippen LogP contribution is -2.58. The normalized spacial score (nSPS) is 20.5. The number of piperazine rings is 1. The molecule has 4 aliphatic rings. The minimum atomic E-state index is -4.66. The highest BCUT2D eigenvalue weighted by atomic mass is 19.4. The Morgan fingerprint density at radius 3 is 2.37 bits per heavy atom. The molecule has 284 valence electrons. The number of aromatic nitrogens is 2. The van der Waals surface area contributed by atoms with Crippen molar-refractivity contribution in [3.8, 4) is 5.75 Å². The Kier molecular flexibility index (Phi) is 11.4. The number of piperidine rings is 1. The topological polar surface area (TPSA) is 119 Å². The number of hydrogen-bond acceptors (Lipinski definition) is 10. The number of nitrogens with zero attached hydrogens (tertiary/aromatic N) is 7. The van der Waals surface area contributed by atoms with Crippen LogP contribution in [0.5, 0.6) is 5.75 Å². The van der Waals surface area contributed by atoms with Gasteiger partial charge in [0.05, 0.1) is 23.6 Å². The summed E-state index contributed by atoms with van der Waals surface area (Å²) < 4.78 is 79.5. The van der Waals surface area contributed by atoms with E-state index in [2.05, 4.69) is 44.0 Å². The van der Waals surface area contributed by atoms with Crippen molar-refractivity contribution in [3.05, 3.63) is 36.5 Å². The molecule has 18 heteroatoms. The summed E-state index contributed by atoms with van der Waals surface area (Å²) in [4.78, 5) is 43.9. The lowest BCUT2D eigenvalue weighted by Gasteiger charge is -2.43. The number of hydrogen-bond donors (Lipinski definition) is 2. The molecular formula is C34H44F5N9O4. The van der Waals surface area contributed by atoms with Crippen molar-refractivity contribution in [1.29, 1.82) is 0 Å². The minimum Gasteiger partial charge on any atom is -0.433 e. The van der Waals surface area contributed by atoms with Crippen molar-refractivity contribution in [2.75, 3.05) is 80.0 Å². The van der Waals surface area contributed by atoms with Crippen LogP contribution in [0, 0.1) is 0 Å². The van der Waals surface area contributed by atoms with Crippen LogP contribution in [0.1, 0.15) is 38.2 Å². The fraction of sp³-hybridized carbons (Fsp3) is 0.588. The van der Waals surface area contributed by atoms with Crippen LogP contribution < -0.4 is 25.2 Å². The first-order valence-electron chi connectivity index (χ1n) is 17.4. The molecule has 0 unspecified atom stereocenters. The molecule has 2 N–H and O–H groups in total. The second-order valence-corrected chi connectivity index (χ2v) is 13.5. The van der Waals surface area contributed by atoms with Gasteiger partial charge >= 0.3 is 18.8 Å². The SMILES string of the molecule is C=CC(=O)Nc1cc(Nc2ncc3c(n2)N(C2CCOCC2)C(=O)N([C@@H](C)C(F)(F)F)C3)c(OC(F)F)cc1N1CCC(N2CCN(C)CC2)CC1. The predicted molar refractivity (Wildman–Crippen MR) is 184 cm³/mol. The van der Waals surface area contributed by atoms with Gasteiger partial charge in [0, 0.05) is 82.4 Å². The molecule has 0 spiro atoms.